The minimum absolute atomic E-state index is 0.229. The third-order valence-electron chi connectivity index (χ3n) is 2.61. The fraction of sp³-hybridized carbons (Fsp3) is 0.600. The van der Waals surface area contributed by atoms with E-state index in [0.29, 0.717) is 25.5 Å². The predicted octanol–water partition coefficient (Wildman–Crippen LogP) is 1.18. The van der Waals surface area contributed by atoms with Gasteiger partial charge in [0.05, 0.1) is 17.2 Å². The van der Waals surface area contributed by atoms with Crippen LogP contribution in [0, 0.1) is 0 Å². The van der Waals surface area contributed by atoms with Crippen molar-refractivity contribution in [3.8, 4) is 5.88 Å². The molecule has 1 aromatic rings. The van der Waals surface area contributed by atoms with Crippen LogP contribution in [0.15, 0.2) is 10.7 Å². The molecule has 5 nitrogen and oxygen atoms in total. The highest BCUT2D eigenvalue weighted by Gasteiger charge is 2.19. The Kier molecular flexibility index (Phi) is 3.48. The minimum atomic E-state index is 0.229. The molecule has 16 heavy (non-hydrogen) atoms. The summed E-state index contributed by atoms with van der Waals surface area (Å²) in [4.78, 5) is 13.2. The lowest BCUT2D eigenvalue weighted by molar-refractivity contribution is -0.128. The van der Waals surface area contributed by atoms with Gasteiger partial charge in [-0.25, -0.2) is 4.68 Å². The van der Waals surface area contributed by atoms with Crippen molar-refractivity contribution in [3.63, 3.8) is 0 Å². The molecule has 0 N–H and O–H groups in total. The van der Waals surface area contributed by atoms with E-state index >= 15 is 0 Å². The molecule has 0 aromatic carbocycles. The molecule has 0 saturated carbocycles. The summed E-state index contributed by atoms with van der Waals surface area (Å²) in [7, 11) is 1.82. The van der Waals surface area contributed by atoms with Crippen LogP contribution in [0.5, 0.6) is 5.88 Å². The molecular weight excluding hydrogens is 274 g/mol. The van der Waals surface area contributed by atoms with Crippen molar-refractivity contribution in [3.05, 3.63) is 10.7 Å². The second-order valence-corrected chi connectivity index (χ2v) is 4.61. The standard InChI is InChI=1S/C10H14BrN3O2/c1-13-10(8(11)7-12-13)16-6-5-14-4-2-3-9(14)15/h7H,2-6H2,1H3. The quantitative estimate of drug-likeness (QED) is 0.836. The maximum Gasteiger partial charge on any atom is 0.226 e. The highest BCUT2D eigenvalue weighted by atomic mass is 79.9. The Morgan fingerprint density at radius 3 is 3.00 bits per heavy atom. The third kappa shape index (κ3) is 2.37. The fourth-order valence-corrected chi connectivity index (χ4v) is 2.22. The van der Waals surface area contributed by atoms with Gasteiger partial charge in [-0.3, -0.25) is 4.79 Å². The number of carbonyl (C=O) groups excluding carboxylic acids is 1. The van der Waals surface area contributed by atoms with E-state index in [4.69, 9.17) is 4.74 Å². The van der Waals surface area contributed by atoms with Crippen LogP contribution in [0.2, 0.25) is 0 Å². The van der Waals surface area contributed by atoms with Gasteiger partial charge in [0.15, 0.2) is 0 Å². The molecule has 6 heteroatoms. The largest absolute Gasteiger partial charge is 0.475 e. The predicted molar refractivity (Wildman–Crippen MR) is 62.2 cm³/mol. The Hall–Kier alpha value is -1.04. The van der Waals surface area contributed by atoms with Crippen LogP contribution in [0.3, 0.4) is 0 Å². The molecule has 1 saturated heterocycles. The molecule has 1 fully saturated rings. The van der Waals surface area contributed by atoms with Crippen molar-refractivity contribution >= 4 is 21.8 Å². The summed E-state index contributed by atoms with van der Waals surface area (Å²) in [6, 6.07) is 0. The van der Waals surface area contributed by atoms with Gasteiger partial charge in [0.2, 0.25) is 11.8 Å². The number of rotatable bonds is 4. The van der Waals surface area contributed by atoms with Crippen molar-refractivity contribution in [2.45, 2.75) is 12.8 Å². The normalized spacial score (nSPS) is 15.9. The van der Waals surface area contributed by atoms with Crippen LogP contribution >= 0.6 is 15.9 Å². The Bertz CT molecular complexity index is 372. The molecule has 0 spiro atoms. The maximum atomic E-state index is 11.3. The van der Waals surface area contributed by atoms with Crippen molar-refractivity contribution in [2.75, 3.05) is 19.7 Å². The molecule has 0 bridgehead atoms. The first kappa shape index (κ1) is 11.4. The number of aromatic nitrogens is 2. The van der Waals surface area contributed by atoms with Gasteiger partial charge in [-0.2, -0.15) is 5.10 Å². The van der Waals surface area contributed by atoms with Crippen LogP contribution in [0.25, 0.3) is 0 Å². The topological polar surface area (TPSA) is 47.4 Å². The van der Waals surface area contributed by atoms with Gasteiger partial charge >= 0.3 is 0 Å². The van der Waals surface area contributed by atoms with Gasteiger partial charge < -0.3 is 9.64 Å². The molecule has 2 rings (SSSR count). The van der Waals surface area contributed by atoms with E-state index in [1.54, 1.807) is 10.9 Å². The van der Waals surface area contributed by atoms with Gasteiger partial charge in [0, 0.05) is 20.0 Å². The molecule has 1 aromatic heterocycles. The molecule has 1 amide bonds. The summed E-state index contributed by atoms with van der Waals surface area (Å²) in [5.74, 6) is 0.930. The summed E-state index contributed by atoms with van der Waals surface area (Å²) in [5, 5.41) is 4.05. The number of carbonyl (C=O) groups is 1. The first-order chi connectivity index (χ1) is 7.68. The van der Waals surface area contributed by atoms with Crippen LogP contribution < -0.4 is 4.74 Å². The van der Waals surface area contributed by atoms with Crippen LogP contribution in [0.4, 0.5) is 0 Å². The lowest BCUT2D eigenvalue weighted by Crippen LogP contribution is -2.29. The molecule has 0 atom stereocenters. The number of halogens is 1. The number of amides is 1. The summed E-state index contributed by atoms with van der Waals surface area (Å²) in [6.45, 7) is 2.01. The highest BCUT2D eigenvalue weighted by molar-refractivity contribution is 9.10. The number of nitrogens with zero attached hydrogens (tertiary/aromatic N) is 3. The molecule has 0 unspecified atom stereocenters. The SMILES string of the molecule is Cn1ncc(Br)c1OCCN1CCCC1=O. The van der Waals surface area contributed by atoms with E-state index in [-0.39, 0.29) is 5.91 Å². The maximum absolute atomic E-state index is 11.3. The first-order valence-electron chi connectivity index (χ1n) is 5.26. The average Bonchev–Trinajstić information content (AvgIpc) is 2.79. The second kappa shape index (κ2) is 4.86. The molecule has 1 aliphatic rings. The zero-order chi connectivity index (χ0) is 11.5. The third-order valence-corrected chi connectivity index (χ3v) is 3.16. The Morgan fingerprint density at radius 1 is 1.62 bits per heavy atom. The number of hydrogen-bond donors (Lipinski definition) is 0. The van der Waals surface area contributed by atoms with E-state index in [0.717, 1.165) is 17.4 Å². The second-order valence-electron chi connectivity index (χ2n) is 3.75. The molecule has 0 aliphatic carbocycles. The summed E-state index contributed by atoms with van der Waals surface area (Å²) in [6.07, 6.45) is 3.33. The van der Waals surface area contributed by atoms with E-state index < -0.39 is 0 Å². The fourth-order valence-electron chi connectivity index (χ4n) is 1.75. The minimum Gasteiger partial charge on any atom is -0.475 e. The number of aryl methyl sites for hydroxylation is 1. The van der Waals surface area contributed by atoms with E-state index in [9.17, 15) is 4.79 Å². The van der Waals surface area contributed by atoms with Crippen molar-refractivity contribution in [2.24, 2.45) is 7.05 Å². The van der Waals surface area contributed by atoms with Gasteiger partial charge in [0.1, 0.15) is 6.61 Å². The van der Waals surface area contributed by atoms with Crippen molar-refractivity contribution < 1.29 is 9.53 Å². The van der Waals surface area contributed by atoms with Gasteiger partial charge in [-0.1, -0.05) is 0 Å². The summed E-state index contributed by atoms with van der Waals surface area (Å²) >= 11 is 3.35. The van der Waals surface area contributed by atoms with E-state index in [1.165, 1.54) is 0 Å². The Labute approximate surface area is 102 Å². The number of hydrogen-bond acceptors (Lipinski definition) is 3. The van der Waals surface area contributed by atoms with Gasteiger partial charge in [0.25, 0.3) is 0 Å². The van der Waals surface area contributed by atoms with Crippen LogP contribution in [0.1, 0.15) is 12.8 Å². The first-order valence-corrected chi connectivity index (χ1v) is 6.06. The number of ether oxygens (including phenoxy) is 1. The Balaban J connectivity index is 1.82. The average molecular weight is 288 g/mol. The molecular formula is C10H14BrN3O2. The molecule has 0 radical (unpaired) electrons. The summed E-state index contributed by atoms with van der Waals surface area (Å²) in [5.41, 5.74) is 0. The smallest absolute Gasteiger partial charge is 0.226 e. The van der Waals surface area contributed by atoms with Crippen LogP contribution in [-0.2, 0) is 11.8 Å². The van der Waals surface area contributed by atoms with Gasteiger partial charge in [-0.15, -0.1) is 0 Å². The number of likely N-dealkylation sites (tertiary alicyclic amines) is 1. The lowest BCUT2D eigenvalue weighted by atomic mass is 10.4. The molecule has 2 heterocycles. The van der Waals surface area contributed by atoms with Crippen molar-refractivity contribution in [1.82, 2.24) is 14.7 Å². The zero-order valence-corrected chi connectivity index (χ0v) is 10.7. The summed E-state index contributed by atoms with van der Waals surface area (Å²) < 4.78 is 8.08. The molecule has 1 aliphatic heterocycles. The zero-order valence-electron chi connectivity index (χ0n) is 9.15. The van der Waals surface area contributed by atoms with E-state index in [2.05, 4.69) is 21.0 Å². The molecule has 88 valence electrons. The van der Waals surface area contributed by atoms with E-state index in [1.807, 2.05) is 11.9 Å². The lowest BCUT2D eigenvalue weighted by Gasteiger charge is -2.15. The van der Waals surface area contributed by atoms with Crippen molar-refractivity contribution in [1.29, 1.82) is 0 Å². The van der Waals surface area contributed by atoms with Gasteiger partial charge in [-0.05, 0) is 22.4 Å². The Morgan fingerprint density at radius 2 is 2.44 bits per heavy atom. The highest BCUT2D eigenvalue weighted by Crippen LogP contribution is 2.23. The monoisotopic (exact) mass is 287 g/mol. The van der Waals surface area contributed by atoms with Crippen LogP contribution in [-0.4, -0.2) is 40.3 Å².